The number of fused-ring (bicyclic) bond motifs is 1. The Morgan fingerprint density at radius 2 is 1.89 bits per heavy atom. The average Bonchev–Trinajstić information content (AvgIpc) is 2.80. The van der Waals surface area contributed by atoms with E-state index in [-0.39, 0.29) is 13.0 Å². The van der Waals surface area contributed by atoms with Crippen LogP contribution in [0, 0.1) is 5.92 Å². The van der Waals surface area contributed by atoms with E-state index in [1.165, 1.54) is 0 Å². The molecule has 7 heteroatoms. The Labute approximate surface area is 110 Å². The lowest BCUT2D eigenvalue weighted by molar-refractivity contribution is -0.182. The third-order valence-corrected chi connectivity index (χ3v) is 4.12. The summed E-state index contributed by atoms with van der Waals surface area (Å²) < 4.78 is 40.1. The van der Waals surface area contributed by atoms with Gasteiger partial charge in [-0.1, -0.05) is 13.8 Å². The Hall–Kier alpha value is -1.11. The van der Waals surface area contributed by atoms with E-state index < -0.39 is 17.6 Å². The van der Waals surface area contributed by atoms with E-state index in [1.807, 2.05) is 13.8 Å². The number of hydrogen-bond donors (Lipinski definition) is 1. The van der Waals surface area contributed by atoms with Gasteiger partial charge in [-0.05, 0) is 19.3 Å². The van der Waals surface area contributed by atoms with Crippen LogP contribution in [0.2, 0.25) is 0 Å². The molecule has 2 heterocycles. The molecule has 4 nitrogen and oxygen atoms in total. The van der Waals surface area contributed by atoms with E-state index in [2.05, 4.69) is 10.2 Å². The lowest BCUT2D eigenvalue weighted by Crippen LogP contribution is -2.41. The molecule has 1 aromatic heterocycles. The van der Waals surface area contributed by atoms with E-state index >= 15 is 0 Å². The Balaban J connectivity index is 2.35. The number of nitrogens with zero attached hydrogens (tertiary/aromatic N) is 3. The quantitative estimate of drug-likeness (QED) is 0.922. The number of rotatable bonds is 3. The van der Waals surface area contributed by atoms with E-state index in [4.69, 9.17) is 5.73 Å². The van der Waals surface area contributed by atoms with Crippen molar-refractivity contribution in [3.63, 3.8) is 0 Å². The van der Waals surface area contributed by atoms with Gasteiger partial charge in [-0.2, -0.15) is 13.2 Å². The maximum Gasteiger partial charge on any atom is 0.393 e. The van der Waals surface area contributed by atoms with E-state index in [0.717, 1.165) is 0 Å². The second-order valence-electron chi connectivity index (χ2n) is 5.19. The van der Waals surface area contributed by atoms with Crippen molar-refractivity contribution in [1.82, 2.24) is 14.8 Å². The van der Waals surface area contributed by atoms with E-state index in [1.54, 1.807) is 4.57 Å². The van der Waals surface area contributed by atoms with Gasteiger partial charge in [0, 0.05) is 13.0 Å². The molecule has 19 heavy (non-hydrogen) atoms. The molecule has 0 radical (unpaired) electrons. The second-order valence-corrected chi connectivity index (χ2v) is 5.19. The van der Waals surface area contributed by atoms with Gasteiger partial charge in [0.25, 0.3) is 0 Å². The molecule has 0 bridgehead atoms. The van der Waals surface area contributed by atoms with Crippen LogP contribution in [-0.4, -0.2) is 20.9 Å². The first kappa shape index (κ1) is 14.3. The zero-order valence-corrected chi connectivity index (χ0v) is 11.2. The van der Waals surface area contributed by atoms with Crippen molar-refractivity contribution in [3.8, 4) is 0 Å². The Morgan fingerprint density at radius 3 is 2.42 bits per heavy atom. The van der Waals surface area contributed by atoms with E-state index in [0.29, 0.717) is 30.9 Å². The van der Waals surface area contributed by atoms with Gasteiger partial charge in [-0.15, -0.1) is 10.2 Å². The van der Waals surface area contributed by atoms with Crippen molar-refractivity contribution in [1.29, 1.82) is 0 Å². The fourth-order valence-electron chi connectivity index (χ4n) is 2.53. The van der Waals surface area contributed by atoms with Crippen LogP contribution < -0.4 is 5.73 Å². The summed E-state index contributed by atoms with van der Waals surface area (Å²) in [5.74, 6) is -0.221. The molecule has 1 aliphatic rings. The van der Waals surface area contributed by atoms with Crippen molar-refractivity contribution < 1.29 is 13.2 Å². The molecule has 0 aromatic carbocycles. The normalized spacial score (nSPS) is 20.4. The number of hydrogen-bond acceptors (Lipinski definition) is 3. The Morgan fingerprint density at radius 1 is 1.26 bits per heavy atom. The van der Waals surface area contributed by atoms with Crippen LogP contribution in [0.1, 0.15) is 44.8 Å². The summed E-state index contributed by atoms with van der Waals surface area (Å²) in [4.78, 5) is 0. The Kier molecular flexibility index (Phi) is 3.59. The van der Waals surface area contributed by atoms with Gasteiger partial charge < -0.3 is 10.3 Å². The number of nitrogens with two attached hydrogens (primary N) is 1. The summed E-state index contributed by atoms with van der Waals surface area (Å²) in [5.41, 5.74) is 5.54. The number of aryl methyl sites for hydroxylation is 1. The highest BCUT2D eigenvalue weighted by molar-refractivity contribution is 5.10. The van der Waals surface area contributed by atoms with Crippen molar-refractivity contribution in [2.75, 3.05) is 0 Å². The van der Waals surface area contributed by atoms with Crippen LogP contribution in [0.3, 0.4) is 0 Å². The van der Waals surface area contributed by atoms with Crippen molar-refractivity contribution >= 4 is 0 Å². The van der Waals surface area contributed by atoms with Gasteiger partial charge in [0.2, 0.25) is 0 Å². The lowest BCUT2D eigenvalue weighted by atomic mass is 9.91. The lowest BCUT2D eigenvalue weighted by Gasteiger charge is -2.31. The van der Waals surface area contributed by atoms with Crippen LogP contribution in [0.15, 0.2) is 0 Å². The molecule has 2 rings (SSSR count). The first-order chi connectivity index (χ1) is 8.81. The van der Waals surface area contributed by atoms with Crippen LogP contribution in [0.25, 0.3) is 0 Å². The van der Waals surface area contributed by atoms with Gasteiger partial charge in [0.05, 0.1) is 11.5 Å². The molecule has 2 N–H and O–H groups in total. The van der Waals surface area contributed by atoms with Gasteiger partial charge in [-0.3, -0.25) is 0 Å². The molecule has 0 spiro atoms. The molecular weight excluding hydrogens is 257 g/mol. The molecular formula is C12H19F3N4. The predicted octanol–water partition coefficient (Wildman–Crippen LogP) is 2.38. The molecule has 0 fully saturated rings. The minimum atomic E-state index is -4.17. The summed E-state index contributed by atoms with van der Waals surface area (Å²) >= 11 is 0. The third-order valence-electron chi connectivity index (χ3n) is 4.12. The molecule has 1 atom stereocenters. The molecule has 0 saturated heterocycles. The van der Waals surface area contributed by atoms with Crippen LogP contribution >= 0.6 is 0 Å². The minimum absolute atomic E-state index is 0.0808. The number of alkyl halides is 3. The molecule has 1 aromatic rings. The summed E-state index contributed by atoms with van der Waals surface area (Å²) in [5, 5.41) is 8.05. The molecule has 0 saturated carbocycles. The highest BCUT2D eigenvalue weighted by Gasteiger charge is 2.43. The maximum atomic E-state index is 12.8. The SMILES string of the molecule is CCC(N)(CC)c1nnc2n1CC(C(F)(F)F)CC2. The molecule has 0 aliphatic carbocycles. The second kappa shape index (κ2) is 4.77. The summed E-state index contributed by atoms with van der Waals surface area (Å²) in [6.45, 7) is 3.71. The van der Waals surface area contributed by atoms with Crippen molar-refractivity contribution in [3.05, 3.63) is 11.6 Å². The molecule has 1 aliphatic heterocycles. The molecule has 1 unspecified atom stereocenters. The highest BCUT2D eigenvalue weighted by Crippen LogP contribution is 2.36. The molecule has 0 amide bonds. The van der Waals surface area contributed by atoms with Gasteiger partial charge in [0.1, 0.15) is 5.82 Å². The topological polar surface area (TPSA) is 56.7 Å². The fourth-order valence-corrected chi connectivity index (χ4v) is 2.53. The summed E-state index contributed by atoms with van der Waals surface area (Å²) in [6.07, 6.45) is -2.54. The largest absolute Gasteiger partial charge is 0.393 e. The van der Waals surface area contributed by atoms with E-state index in [9.17, 15) is 13.2 Å². The fraction of sp³-hybridized carbons (Fsp3) is 0.833. The van der Waals surface area contributed by atoms with Crippen molar-refractivity contribution in [2.24, 2.45) is 11.7 Å². The predicted molar refractivity (Wildman–Crippen MR) is 64.3 cm³/mol. The van der Waals surface area contributed by atoms with Crippen molar-refractivity contribution in [2.45, 2.75) is 57.8 Å². The standard InChI is InChI=1S/C12H19F3N4/c1-3-11(16,4-2)10-18-17-9-6-5-8(7-19(9)10)12(13,14)15/h8H,3-7,16H2,1-2H3. The summed E-state index contributed by atoms with van der Waals surface area (Å²) in [7, 11) is 0. The number of aromatic nitrogens is 3. The maximum absolute atomic E-state index is 12.8. The van der Waals surface area contributed by atoms with Gasteiger partial charge >= 0.3 is 6.18 Å². The smallest absolute Gasteiger partial charge is 0.319 e. The van der Waals surface area contributed by atoms with Gasteiger partial charge in [-0.25, -0.2) is 0 Å². The Bertz CT molecular complexity index is 448. The van der Waals surface area contributed by atoms with Crippen LogP contribution in [0.4, 0.5) is 13.2 Å². The third kappa shape index (κ3) is 2.48. The zero-order chi connectivity index (χ0) is 14.3. The van der Waals surface area contributed by atoms with Crippen LogP contribution in [-0.2, 0) is 18.5 Å². The number of halogens is 3. The monoisotopic (exact) mass is 276 g/mol. The first-order valence-electron chi connectivity index (χ1n) is 6.60. The summed E-state index contributed by atoms with van der Waals surface area (Å²) in [6, 6.07) is 0. The van der Waals surface area contributed by atoms with Crippen LogP contribution in [0.5, 0.6) is 0 Å². The zero-order valence-electron chi connectivity index (χ0n) is 11.2. The average molecular weight is 276 g/mol. The molecule has 108 valence electrons. The first-order valence-corrected chi connectivity index (χ1v) is 6.60. The highest BCUT2D eigenvalue weighted by atomic mass is 19.4. The van der Waals surface area contributed by atoms with Gasteiger partial charge in [0.15, 0.2) is 5.82 Å². The minimum Gasteiger partial charge on any atom is -0.319 e.